The molecule has 2 heterocycles. The lowest BCUT2D eigenvalue weighted by atomic mass is 10.1. The number of aromatic nitrogens is 3. The van der Waals surface area contributed by atoms with Gasteiger partial charge in [-0.2, -0.15) is 0 Å². The fourth-order valence-electron chi connectivity index (χ4n) is 2.10. The molecule has 0 aliphatic carbocycles. The maximum atomic E-state index is 5.38. The van der Waals surface area contributed by atoms with Crippen molar-refractivity contribution in [1.29, 1.82) is 0 Å². The lowest BCUT2D eigenvalue weighted by Crippen LogP contribution is -2.45. The van der Waals surface area contributed by atoms with E-state index in [1.807, 2.05) is 42.6 Å². The second-order valence-electron chi connectivity index (χ2n) is 5.96. The summed E-state index contributed by atoms with van der Waals surface area (Å²) in [6.07, 6.45) is 3.80. The summed E-state index contributed by atoms with van der Waals surface area (Å²) in [7, 11) is 3.47. The number of fused-ring (bicyclic) bond motifs is 1. The molecule has 0 aliphatic rings. The molecule has 23 heavy (non-hydrogen) atoms. The largest absolute Gasteiger partial charge is 0.377 e. The summed E-state index contributed by atoms with van der Waals surface area (Å²) in [6, 6.07) is 5.91. The maximum Gasteiger partial charge on any atom is 0.191 e. The number of aryl methyl sites for hydroxylation is 1. The summed E-state index contributed by atoms with van der Waals surface area (Å²) in [5.74, 6) is 1.76. The molecule has 0 spiro atoms. The fourth-order valence-corrected chi connectivity index (χ4v) is 2.10. The molecule has 0 aromatic carbocycles. The van der Waals surface area contributed by atoms with Crippen molar-refractivity contribution in [3.63, 3.8) is 0 Å². The summed E-state index contributed by atoms with van der Waals surface area (Å²) in [4.78, 5) is 4.22. The molecule has 2 aromatic rings. The second-order valence-corrected chi connectivity index (χ2v) is 5.96. The minimum absolute atomic E-state index is 0.224. The van der Waals surface area contributed by atoms with E-state index < -0.39 is 0 Å². The van der Waals surface area contributed by atoms with Crippen LogP contribution in [0.2, 0.25) is 0 Å². The van der Waals surface area contributed by atoms with E-state index in [2.05, 4.69) is 25.8 Å². The molecule has 2 aromatic heterocycles. The fraction of sp³-hybridized carbons (Fsp3) is 0.562. The number of nitrogens with one attached hydrogen (secondary N) is 2. The van der Waals surface area contributed by atoms with Crippen molar-refractivity contribution in [3.05, 3.63) is 30.2 Å². The smallest absolute Gasteiger partial charge is 0.191 e. The molecule has 2 N–H and O–H groups in total. The number of methoxy groups -OCH3 is 1. The maximum absolute atomic E-state index is 5.38. The predicted octanol–water partition coefficient (Wildman–Crippen LogP) is 1.25. The van der Waals surface area contributed by atoms with Crippen LogP contribution in [0.25, 0.3) is 5.65 Å². The van der Waals surface area contributed by atoms with Crippen LogP contribution < -0.4 is 10.6 Å². The first kappa shape index (κ1) is 17.2. The number of nitrogens with zero attached hydrogens (tertiary/aromatic N) is 4. The highest BCUT2D eigenvalue weighted by Crippen LogP contribution is 2.05. The Bertz CT molecular complexity index is 649. The van der Waals surface area contributed by atoms with Gasteiger partial charge in [-0.15, -0.1) is 10.2 Å². The van der Waals surface area contributed by atoms with Gasteiger partial charge in [-0.05, 0) is 32.4 Å². The number of guanidine groups is 1. The molecule has 2 rings (SSSR count). The zero-order valence-electron chi connectivity index (χ0n) is 14.3. The Labute approximate surface area is 137 Å². The molecule has 0 atom stereocenters. The Morgan fingerprint density at radius 2 is 2.13 bits per heavy atom. The average molecular weight is 318 g/mol. The van der Waals surface area contributed by atoms with Crippen molar-refractivity contribution in [3.8, 4) is 0 Å². The molecule has 0 saturated heterocycles. The van der Waals surface area contributed by atoms with Crippen molar-refractivity contribution in [2.24, 2.45) is 4.99 Å². The molecule has 0 radical (unpaired) electrons. The van der Waals surface area contributed by atoms with Crippen LogP contribution in [0.4, 0.5) is 0 Å². The van der Waals surface area contributed by atoms with Gasteiger partial charge in [0.1, 0.15) is 5.82 Å². The summed E-state index contributed by atoms with van der Waals surface area (Å²) in [6.45, 7) is 5.57. The second kappa shape index (κ2) is 7.92. The van der Waals surface area contributed by atoms with Gasteiger partial charge >= 0.3 is 0 Å². The molecule has 0 bridgehead atoms. The standard InChI is InChI=1S/C16H26N6O/c1-16(2,23-4)12-19-15(17-3)18-10-7-9-14-21-20-13-8-5-6-11-22(13)14/h5-6,8,11H,7,9-10,12H2,1-4H3,(H2,17,18,19). The highest BCUT2D eigenvalue weighted by atomic mass is 16.5. The highest BCUT2D eigenvalue weighted by molar-refractivity contribution is 5.79. The van der Waals surface area contributed by atoms with Gasteiger partial charge in [0.15, 0.2) is 11.6 Å². The quantitative estimate of drug-likeness (QED) is 0.456. The van der Waals surface area contributed by atoms with Crippen LogP contribution in [-0.2, 0) is 11.2 Å². The van der Waals surface area contributed by atoms with E-state index in [0.717, 1.165) is 36.8 Å². The lowest BCUT2D eigenvalue weighted by Gasteiger charge is -2.24. The molecule has 7 heteroatoms. The summed E-state index contributed by atoms with van der Waals surface area (Å²) in [5.41, 5.74) is 0.660. The van der Waals surface area contributed by atoms with Crippen LogP contribution in [0.3, 0.4) is 0 Å². The topological polar surface area (TPSA) is 75.8 Å². The Kier molecular flexibility index (Phi) is 5.92. The van der Waals surface area contributed by atoms with Crippen LogP contribution in [0.5, 0.6) is 0 Å². The molecule has 0 fully saturated rings. The molecule has 0 saturated carbocycles. The van der Waals surface area contributed by atoms with E-state index in [0.29, 0.717) is 6.54 Å². The first-order valence-corrected chi connectivity index (χ1v) is 7.84. The monoisotopic (exact) mass is 318 g/mol. The number of hydrogen-bond donors (Lipinski definition) is 2. The first-order valence-electron chi connectivity index (χ1n) is 7.84. The minimum Gasteiger partial charge on any atom is -0.377 e. The number of rotatable bonds is 7. The normalized spacial score (nSPS) is 12.6. The van der Waals surface area contributed by atoms with E-state index in [-0.39, 0.29) is 5.60 Å². The number of aliphatic imine (C=N–C) groups is 1. The van der Waals surface area contributed by atoms with Gasteiger partial charge < -0.3 is 15.4 Å². The molecule has 0 amide bonds. The van der Waals surface area contributed by atoms with E-state index in [9.17, 15) is 0 Å². The van der Waals surface area contributed by atoms with Crippen LogP contribution in [0.15, 0.2) is 29.4 Å². The Morgan fingerprint density at radius 1 is 1.30 bits per heavy atom. The third kappa shape index (κ3) is 4.92. The number of ether oxygens (including phenoxy) is 1. The number of pyridine rings is 1. The Balaban J connectivity index is 1.76. The van der Waals surface area contributed by atoms with Crippen molar-refractivity contribution >= 4 is 11.6 Å². The van der Waals surface area contributed by atoms with Gasteiger partial charge in [0.25, 0.3) is 0 Å². The lowest BCUT2D eigenvalue weighted by molar-refractivity contribution is 0.0268. The minimum atomic E-state index is -0.224. The van der Waals surface area contributed by atoms with E-state index >= 15 is 0 Å². The third-order valence-electron chi connectivity index (χ3n) is 3.71. The van der Waals surface area contributed by atoms with Crippen LogP contribution >= 0.6 is 0 Å². The first-order chi connectivity index (χ1) is 11.1. The Morgan fingerprint density at radius 3 is 2.87 bits per heavy atom. The van der Waals surface area contributed by atoms with Crippen molar-refractivity contribution in [2.45, 2.75) is 32.3 Å². The van der Waals surface area contributed by atoms with Gasteiger partial charge in [0.05, 0.1) is 5.60 Å². The summed E-state index contributed by atoms with van der Waals surface area (Å²) in [5, 5.41) is 15.0. The summed E-state index contributed by atoms with van der Waals surface area (Å²) >= 11 is 0. The molecular formula is C16H26N6O. The molecular weight excluding hydrogens is 292 g/mol. The summed E-state index contributed by atoms with van der Waals surface area (Å²) < 4.78 is 7.41. The van der Waals surface area contributed by atoms with Crippen LogP contribution in [-0.4, -0.2) is 53.4 Å². The van der Waals surface area contributed by atoms with Crippen LogP contribution in [0.1, 0.15) is 26.1 Å². The van der Waals surface area contributed by atoms with Gasteiger partial charge in [-0.25, -0.2) is 0 Å². The van der Waals surface area contributed by atoms with Gasteiger partial charge in [0.2, 0.25) is 0 Å². The average Bonchev–Trinajstić information content (AvgIpc) is 2.97. The van der Waals surface area contributed by atoms with Crippen molar-refractivity contribution in [1.82, 2.24) is 25.2 Å². The SMILES string of the molecule is CN=C(NCCCc1nnc2ccccn12)NCC(C)(C)OC. The number of hydrogen-bond acceptors (Lipinski definition) is 4. The van der Waals surface area contributed by atoms with Crippen molar-refractivity contribution in [2.75, 3.05) is 27.2 Å². The van der Waals surface area contributed by atoms with Crippen LogP contribution in [0, 0.1) is 0 Å². The van der Waals surface area contributed by atoms with Crippen molar-refractivity contribution < 1.29 is 4.74 Å². The van der Waals surface area contributed by atoms with E-state index in [1.165, 1.54) is 0 Å². The molecule has 0 unspecified atom stereocenters. The van der Waals surface area contributed by atoms with E-state index in [1.54, 1.807) is 14.2 Å². The third-order valence-corrected chi connectivity index (χ3v) is 3.71. The van der Waals surface area contributed by atoms with Gasteiger partial charge in [0, 0.05) is 39.9 Å². The molecule has 7 nitrogen and oxygen atoms in total. The highest BCUT2D eigenvalue weighted by Gasteiger charge is 2.16. The molecule has 0 aliphatic heterocycles. The zero-order valence-corrected chi connectivity index (χ0v) is 14.3. The van der Waals surface area contributed by atoms with E-state index in [4.69, 9.17) is 4.74 Å². The Hall–Kier alpha value is -2.15. The molecule has 126 valence electrons. The van der Waals surface area contributed by atoms with Gasteiger partial charge in [-0.1, -0.05) is 6.07 Å². The predicted molar refractivity (Wildman–Crippen MR) is 91.8 cm³/mol. The van der Waals surface area contributed by atoms with Gasteiger partial charge in [-0.3, -0.25) is 9.39 Å². The zero-order chi connectivity index (χ0) is 16.7.